The van der Waals surface area contributed by atoms with Crippen molar-refractivity contribution in [2.24, 2.45) is 0 Å². The molecule has 1 aliphatic rings. The number of hydrogen-bond donors (Lipinski definition) is 0. The van der Waals surface area contributed by atoms with Gasteiger partial charge >= 0.3 is 6.18 Å². The van der Waals surface area contributed by atoms with Crippen molar-refractivity contribution in [3.05, 3.63) is 118 Å². The largest absolute Gasteiger partial charge is 0.416 e. The Balaban J connectivity index is 1.29. The highest BCUT2D eigenvalue weighted by atomic mass is 19.4. The summed E-state index contributed by atoms with van der Waals surface area (Å²) in [5.74, 6) is 0.935. The third-order valence-corrected chi connectivity index (χ3v) is 7.30. The summed E-state index contributed by atoms with van der Waals surface area (Å²) in [5, 5.41) is 5.17. The van der Waals surface area contributed by atoms with Crippen LogP contribution in [-0.2, 0) is 19.0 Å². The minimum atomic E-state index is -4.36. The third kappa shape index (κ3) is 4.62. The van der Waals surface area contributed by atoms with E-state index < -0.39 is 11.7 Å². The highest BCUT2D eigenvalue weighted by Gasteiger charge is 2.30. The lowest BCUT2D eigenvalue weighted by atomic mass is 9.79. The first-order valence-electron chi connectivity index (χ1n) is 12.5. The highest BCUT2D eigenvalue weighted by molar-refractivity contribution is 6.08. The number of fused-ring (bicyclic) bond motifs is 5. The minimum Gasteiger partial charge on any atom is -0.238 e. The van der Waals surface area contributed by atoms with Crippen LogP contribution in [0, 0.1) is 6.92 Å². The number of benzene rings is 4. The van der Waals surface area contributed by atoms with Gasteiger partial charge in [-0.15, -0.1) is 0 Å². The topological polar surface area (TPSA) is 25.8 Å². The molecule has 0 radical (unpaired) electrons. The lowest BCUT2D eigenvalue weighted by molar-refractivity contribution is -0.137. The maximum absolute atomic E-state index is 13.1. The maximum atomic E-state index is 13.1. The predicted molar refractivity (Wildman–Crippen MR) is 143 cm³/mol. The number of alkyl halides is 3. The van der Waals surface area contributed by atoms with E-state index in [0.29, 0.717) is 17.1 Å². The second-order valence-electron chi connectivity index (χ2n) is 9.75. The van der Waals surface area contributed by atoms with E-state index in [-0.39, 0.29) is 5.92 Å². The van der Waals surface area contributed by atoms with E-state index in [9.17, 15) is 13.2 Å². The van der Waals surface area contributed by atoms with Crippen LogP contribution in [0.1, 0.15) is 51.8 Å². The second-order valence-corrected chi connectivity index (χ2v) is 9.75. The number of nitrogens with zero attached hydrogens (tertiary/aromatic N) is 2. The fraction of sp³-hybridized carbons (Fsp3) is 0.188. The summed E-state index contributed by atoms with van der Waals surface area (Å²) < 4.78 is 39.2. The number of halogens is 3. The van der Waals surface area contributed by atoms with Crippen LogP contribution in [-0.4, -0.2) is 9.97 Å². The maximum Gasteiger partial charge on any atom is 0.416 e. The van der Waals surface area contributed by atoms with E-state index in [1.807, 2.05) is 13.0 Å². The molecular formula is C32H25F3N2. The predicted octanol–water partition coefficient (Wildman–Crippen LogP) is 8.55. The molecule has 4 aromatic carbocycles. The molecule has 184 valence electrons. The zero-order valence-corrected chi connectivity index (χ0v) is 20.4. The molecular weight excluding hydrogens is 469 g/mol. The second kappa shape index (κ2) is 9.15. The fourth-order valence-corrected chi connectivity index (χ4v) is 5.53. The summed E-state index contributed by atoms with van der Waals surface area (Å²) >= 11 is 0. The van der Waals surface area contributed by atoms with Gasteiger partial charge in [0.05, 0.1) is 11.3 Å². The molecule has 1 unspecified atom stereocenters. The van der Waals surface area contributed by atoms with E-state index in [1.54, 1.807) is 18.2 Å². The molecule has 0 spiro atoms. The Bertz CT molecular complexity index is 1670. The summed E-state index contributed by atoms with van der Waals surface area (Å²) in [7, 11) is 0. The highest BCUT2D eigenvalue weighted by Crippen LogP contribution is 2.38. The summed E-state index contributed by atoms with van der Waals surface area (Å²) in [6, 6.07) is 24.8. The van der Waals surface area contributed by atoms with Crippen LogP contribution in [0.15, 0.2) is 78.9 Å². The van der Waals surface area contributed by atoms with Crippen LogP contribution in [0.3, 0.4) is 0 Å². The van der Waals surface area contributed by atoms with Gasteiger partial charge in [-0.3, -0.25) is 0 Å². The van der Waals surface area contributed by atoms with Crippen molar-refractivity contribution in [2.45, 2.75) is 38.3 Å². The van der Waals surface area contributed by atoms with Crippen LogP contribution in [0.25, 0.3) is 33.7 Å². The normalized spacial score (nSPS) is 15.9. The first-order chi connectivity index (χ1) is 17.8. The molecule has 5 heteroatoms. The molecule has 0 fully saturated rings. The van der Waals surface area contributed by atoms with Gasteiger partial charge in [-0.2, -0.15) is 13.2 Å². The van der Waals surface area contributed by atoms with E-state index in [0.717, 1.165) is 37.1 Å². The lowest BCUT2D eigenvalue weighted by Gasteiger charge is -2.26. The molecule has 0 bridgehead atoms. The monoisotopic (exact) mass is 494 g/mol. The van der Waals surface area contributed by atoms with Gasteiger partial charge < -0.3 is 0 Å². The van der Waals surface area contributed by atoms with Gasteiger partial charge in [0.1, 0.15) is 5.82 Å². The number of hydrogen-bond acceptors (Lipinski definition) is 2. The molecule has 6 rings (SSSR count). The van der Waals surface area contributed by atoms with Crippen LogP contribution < -0.4 is 0 Å². The van der Waals surface area contributed by atoms with E-state index >= 15 is 0 Å². The van der Waals surface area contributed by atoms with Gasteiger partial charge in [0.2, 0.25) is 0 Å². The standard InChI is InChI=1S/C32H25F3N2/c1-20-36-26(13-9-21-5-4-7-25(17-21)32(33,34)35)19-31(37-20)24-12-14-28-23(18-24)11-16-29-27-8-3-2-6-22(27)10-15-30(28)29/h2-11,13,15-17,19,24H,12,14,18H2,1H3/b13-9+. The Labute approximate surface area is 213 Å². The van der Waals surface area contributed by atoms with E-state index in [1.165, 1.54) is 38.7 Å². The number of aryl methyl sites for hydroxylation is 2. The number of aromatic nitrogens is 2. The molecule has 1 atom stereocenters. The van der Waals surface area contributed by atoms with Crippen molar-refractivity contribution in [3.63, 3.8) is 0 Å². The molecule has 1 aliphatic carbocycles. The quantitative estimate of drug-likeness (QED) is 0.235. The van der Waals surface area contributed by atoms with Crippen molar-refractivity contribution < 1.29 is 13.2 Å². The van der Waals surface area contributed by atoms with E-state index in [4.69, 9.17) is 4.98 Å². The number of rotatable bonds is 3. The summed E-state index contributed by atoms with van der Waals surface area (Å²) in [5.41, 5.74) is 4.30. The zero-order valence-electron chi connectivity index (χ0n) is 20.4. The zero-order chi connectivity index (χ0) is 25.6. The van der Waals surface area contributed by atoms with Crippen LogP contribution in [0.2, 0.25) is 0 Å². The van der Waals surface area contributed by atoms with Crippen LogP contribution >= 0.6 is 0 Å². The minimum absolute atomic E-state index is 0.271. The third-order valence-electron chi connectivity index (χ3n) is 7.30. The lowest BCUT2D eigenvalue weighted by Crippen LogP contribution is -2.15. The summed E-state index contributed by atoms with van der Waals surface area (Å²) in [6.07, 6.45) is 1.96. The van der Waals surface area contributed by atoms with Gasteiger partial charge in [-0.1, -0.05) is 66.7 Å². The van der Waals surface area contributed by atoms with Crippen LogP contribution in [0.4, 0.5) is 13.2 Å². The summed E-state index contributed by atoms with van der Waals surface area (Å²) in [4.78, 5) is 9.25. The Morgan fingerprint density at radius 1 is 0.811 bits per heavy atom. The molecule has 0 saturated heterocycles. The average molecular weight is 495 g/mol. The molecule has 0 amide bonds. The fourth-order valence-electron chi connectivity index (χ4n) is 5.53. The Morgan fingerprint density at radius 3 is 2.51 bits per heavy atom. The molecule has 5 aromatic rings. The first kappa shape index (κ1) is 23.4. The van der Waals surface area contributed by atoms with Crippen molar-refractivity contribution in [2.75, 3.05) is 0 Å². The molecule has 0 aliphatic heterocycles. The average Bonchev–Trinajstić information content (AvgIpc) is 2.90. The van der Waals surface area contributed by atoms with Crippen molar-refractivity contribution >= 4 is 33.7 Å². The van der Waals surface area contributed by atoms with Gasteiger partial charge in [-0.25, -0.2) is 9.97 Å². The van der Waals surface area contributed by atoms with Gasteiger partial charge in [0, 0.05) is 11.6 Å². The molecule has 0 saturated carbocycles. The van der Waals surface area contributed by atoms with E-state index in [2.05, 4.69) is 53.5 Å². The smallest absolute Gasteiger partial charge is 0.238 e. The van der Waals surface area contributed by atoms with Gasteiger partial charge in [-0.05, 0) is 88.7 Å². The Morgan fingerprint density at radius 2 is 1.65 bits per heavy atom. The molecule has 37 heavy (non-hydrogen) atoms. The van der Waals surface area contributed by atoms with Crippen molar-refractivity contribution in [1.82, 2.24) is 9.97 Å². The Kier molecular flexibility index (Phi) is 5.79. The van der Waals surface area contributed by atoms with Crippen molar-refractivity contribution in [3.8, 4) is 0 Å². The Hall–Kier alpha value is -3.99. The SMILES string of the molecule is Cc1nc(/C=C/c2cccc(C(F)(F)F)c2)cc(C2CCc3c(ccc4c3ccc3ccccc34)C2)n1. The summed E-state index contributed by atoms with van der Waals surface area (Å²) in [6.45, 7) is 1.86. The first-order valence-corrected chi connectivity index (χ1v) is 12.5. The van der Waals surface area contributed by atoms with Gasteiger partial charge in [0.15, 0.2) is 0 Å². The molecule has 1 heterocycles. The molecule has 0 N–H and O–H groups in total. The molecule has 2 nitrogen and oxygen atoms in total. The molecule has 1 aromatic heterocycles. The van der Waals surface area contributed by atoms with Crippen LogP contribution in [0.5, 0.6) is 0 Å². The van der Waals surface area contributed by atoms with Crippen molar-refractivity contribution in [1.29, 1.82) is 0 Å². The van der Waals surface area contributed by atoms with Gasteiger partial charge in [0.25, 0.3) is 0 Å².